The molecule has 0 saturated carbocycles. The first-order valence-corrected chi connectivity index (χ1v) is 8.85. The molecule has 0 amide bonds. The van der Waals surface area contributed by atoms with Crippen LogP contribution in [0.25, 0.3) is 0 Å². The van der Waals surface area contributed by atoms with Crippen LogP contribution in [-0.2, 0) is 6.54 Å². The van der Waals surface area contributed by atoms with Crippen LogP contribution < -0.4 is 5.32 Å². The molecule has 1 saturated heterocycles. The van der Waals surface area contributed by atoms with Gasteiger partial charge in [-0.15, -0.1) is 0 Å². The van der Waals surface area contributed by atoms with E-state index in [-0.39, 0.29) is 0 Å². The summed E-state index contributed by atoms with van der Waals surface area (Å²) in [5.74, 6) is 0.750. The maximum atomic E-state index is 6.18. The minimum Gasteiger partial charge on any atom is -0.385 e. The first kappa shape index (κ1) is 16.4. The molecule has 0 radical (unpaired) electrons. The van der Waals surface area contributed by atoms with Gasteiger partial charge in [0.2, 0.25) is 0 Å². The lowest BCUT2D eigenvalue weighted by Gasteiger charge is -2.32. The SMILES string of the molecule is Cc1c(Cl)cccc1NCC1CCN(Cc2ccccc2)CC1. The molecule has 1 aliphatic rings. The quantitative estimate of drug-likeness (QED) is 0.833. The molecule has 2 aromatic rings. The van der Waals surface area contributed by atoms with Crippen molar-refractivity contribution in [3.8, 4) is 0 Å². The Kier molecular flexibility index (Phi) is 5.58. The molecular weight excluding hydrogens is 304 g/mol. The minimum absolute atomic E-state index is 0.750. The van der Waals surface area contributed by atoms with Gasteiger partial charge in [0, 0.05) is 23.8 Å². The molecule has 0 bridgehead atoms. The van der Waals surface area contributed by atoms with Crippen molar-refractivity contribution in [3.63, 3.8) is 0 Å². The van der Waals surface area contributed by atoms with E-state index in [9.17, 15) is 0 Å². The maximum Gasteiger partial charge on any atom is 0.0455 e. The number of anilines is 1. The molecule has 2 nitrogen and oxygen atoms in total. The summed E-state index contributed by atoms with van der Waals surface area (Å²) in [5.41, 5.74) is 3.73. The first-order valence-electron chi connectivity index (χ1n) is 8.47. The molecule has 0 spiro atoms. The van der Waals surface area contributed by atoms with Gasteiger partial charge in [0.05, 0.1) is 0 Å². The van der Waals surface area contributed by atoms with Crippen molar-refractivity contribution in [1.82, 2.24) is 4.90 Å². The smallest absolute Gasteiger partial charge is 0.0455 e. The van der Waals surface area contributed by atoms with Crippen LogP contribution in [-0.4, -0.2) is 24.5 Å². The second-order valence-corrected chi connectivity index (χ2v) is 6.91. The second-order valence-electron chi connectivity index (χ2n) is 6.50. The third kappa shape index (κ3) is 4.49. The Balaban J connectivity index is 1.45. The van der Waals surface area contributed by atoms with Gasteiger partial charge in [-0.2, -0.15) is 0 Å². The van der Waals surface area contributed by atoms with E-state index in [4.69, 9.17) is 11.6 Å². The van der Waals surface area contributed by atoms with Crippen LogP contribution in [0.2, 0.25) is 5.02 Å². The predicted molar refractivity (Wildman–Crippen MR) is 99.1 cm³/mol. The van der Waals surface area contributed by atoms with Gasteiger partial charge < -0.3 is 5.32 Å². The number of hydrogen-bond donors (Lipinski definition) is 1. The fourth-order valence-electron chi connectivity index (χ4n) is 3.24. The highest BCUT2D eigenvalue weighted by Gasteiger charge is 2.19. The summed E-state index contributed by atoms with van der Waals surface area (Å²) in [5, 5.41) is 4.43. The normalized spacial score (nSPS) is 16.4. The third-order valence-electron chi connectivity index (χ3n) is 4.81. The monoisotopic (exact) mass is 328 g/mol. The zero-order valence-electron chi connectivity index (χ0n) is 13.8. The molecule has 122 valence electrons. The Labute approximate surface area is 144 Å². The molecule has 23 heavy (non-hydrogen) atoms. The van der Waals surface area contributed by atoms with Gasteiger partial charge in [0.25, 0.3) is 0 Å². The number of hydrogen-bond acceptors (Lipinski definition) is 2. The van der Waals surface area contributed by atoms with Crippen LogP contribution in [0.1, 0.15) is 24.0 Å². The minimum atomic E-state index is 0.750. The van der Waals surface area contributed by atoms with Crippen LogP contribution in [0.15, 0.2) is 48.5 Å². The molecule has 3 rings (SSSR count). The summed E-state index contributed by atoms with van der Waals surface area (Å²) in [6, 6.07) is 16.8. The van der Waals surface area contributed by atoms with Gasteiger partial charge in [-0.3, -0.25) is 4.90 Å². The largest absolute Gasteiger partial charge is 0.385 e. The lowest BCUT2D eigenvalue weighted by molar-refractivity contribution is 0.182. The van der Waals surface area contributed by atoms with Gasteiger partial charge in [0.15, 0.2) is 0 Å². The molecule has 1 fully saturated rings. The molecular formula is C20H25ClN2. The third-order valence-corrected chi connectivity index (χ3v) is 5.21. The fourth-order valence-corrected chi connectivity index (χ4v) is 3.42. The molecule has 3 heteroatoms. The standard InChI is InChI=1S/C20H25ClN2/c1-16-19(21)8-5-9-20(16)22-14-17-10-12-23(13-11-17)15-18-6-3-2-4-7-18/h2-9,17,22H,10-15H2,1H3. The van der Waals surface area contributed by atoms with E-state index in [2.05, 4.69) is 53.5 Å². The Morgan fingerprint density at radius 1 is 1.04 bits per heavy atom. The van der Waals surface area contributed by atoms with Crippen molar-refractivity contribution in [3.05, 3.63) is 64.7 Å². The van der Waals surface area contributed by atoms with Crippen molar-refractivity contribution in [1.29, 1.82) is 0 Å². The second kappa shape index (κ2) is 7.85. The van der Waals surface area contributed by atoms with E-state index in [0.29, 0.717) is 0 Å². The van der Waals surface area contributed by atoms with Crippen LogP contribution in [0.4, 0.5) is 5.69 Å². The average molecular weight is 329 g/mol. The summed E-state index contributed by atoms with van der Waals surface area (Å²) >= 11 is 6.18. The molecule has 1 aliphatic heterocycles. The molecule has 0 aliphatic carbocycles. The van der Waals surface area contributed by atoms with Gasteiger partial charge in [0.1, 0.15) is 0 Å². The number of rotatable bonds is 5. The fraction of sp³-hybridized carbons (Fsp3) is 0.400. The van der Waals surface area contributed by atoms with E-state index in [0.717, 1.165) is 29.6 Å². The number of halogens is 1. The van der Waals surface area contributed by atoms with E-state index < -0.39 is 0 Å². The summed E-state index contributed by atoms with van der Waals surface area (Å²) in [7, 11) is 0. The molecule has 0 aromatic heterocycles. The Hall–Kier alpha value is -1.51. The summed E-state index contributed by atoms with van der Waals surface area (Å²) in [4.78, 5) is 2.57. The van der Waals surface area contributed by atoms with Gasteiger partial charge >= 0.3 is 0 Å². The van der Waals surface area contributed by atoms with Crippen LogP contribution in [0, 0.1) is 12.8 Å². The lowest BCUT2D eigenvalue weighted by Crippen LogP contribution is -2.35. The molecule has 0 atom stereocenters. The van der Waals surface area contributed by atoms with Crippen molar-refractivity contribution >= 4 is 17.3 Å². The van der Waals surface area contributed by atoms with Crippen molar-refractivity contribution in [2.75, 3.05) is 25.0 Å². The molecule has 2 aromatic carbocycles. The van der Waals surface area contributed by atoms with E-state index in [1.807, 2.05) is 12.1 Å². The van der Waals surface area contributed by atoms with Crippen LogP contribution >= 0.6 is 11.6 Å². The van der Waals surface area contributed by atoms with Crippen molar-refractivity contribution in [2.45, 2.75) is 26.3 Å². The zero-order valence-corrected chi connectivity index (χ0v) is 14.5. The predicted octanol–water partition coefficient (Wildman–Crippen LogP) is 4.97. The summed E-state index contributed by atoms with van der Waals surface area (Å²) < 4.78 is 0. The Morgan fingerprint density at radius 2 is 1.78 bits per heavy atom. The van der Waals surface area contributed by atoms with Gasteiger partial charge in [-0.25, -0.2) is 0 Å². The number of likely N-dealkylation sites (tertiary alicyclic amines) is 1. The van der Waals surface area contributed by atoms with Gasteiger partial charge in [-0.1, -0.05) is 48.0 Å². The van der Waals surface area contributed by atoms with Crippen molar-refractivity contribution < 1.29 is 0 Å². The highest BCUT2D eigenvalue weighted by atomic mass is 35.5. The van der Waals surface area contributed by atoms with E-state index in [1.54, 1.807) is 0 Å². The van der Waals surface area contributed by atoms with Gasteiger partial charge in [-0.05, 0) is 62.0 Å². The average Bonchev–Trinajstić information content (AvgIpc) is 2.58. The van der Waals surface area contributed by atoms with Crippen LogP contribution in [0.5, 0.6) is 0 Å². The molecule has 0 unspecified atom stereocenters. The first-order chi connectivity index (χ1) is 11.2. The topological polar surface area (TPSA) is 15.3 Å². The number of nitrogens with one attached hydrogen (secondary N) is 1. The summed E-state index contributed by atoms with van der Waals surface area (Å²) in [6.45, 7) is 6.58. The number of piperidine rings is 1. The Bertz CT molecular complexity index is 619. The number of benzene rings is 2. The molecule has 1 N–H and O–H groups in total. The Morgan fingerprint density at radius 3 is 2.52 bits per heavy atom. The lowest BCUT2D eigenvalue weighted by atomic mass is 9.96. The molecule has 1 heterocycles. The summed E-state index contributed by atoms with van der Waals surface area (Å²) in [6.07, 6.45) is 2.53. The van der Waals surface area contributed by atoms with Crippen LogP contribution in [0.3, 0.4) is 0 Å². The highest BCUT2D eigenvalue weighted by Crippen LogP contribution is 2.25. The van der Waals surface area contributed by atoms with E-state index in [1.165, 1.54) is 37.2 Å². The zero-order chi connectivity index (χ0) is 16.1. The van der Waals surface area contributed by atoms with Crippen molar-refractivity contribution in [2.24, 2.45) is 5.92 Å². The van der Waals surface area contributed by atoms with E-state index >= 15 is 0 Å². The maximum absolute atomic E-state index is 6.18. The highest BCUT2D eigenvalue weighted by molar-refractivity contribution is 6.31. The number of nitrogens with zero attached hydrogens (tertiary/aromatic N) is 1.